The Balaban J connectivity index is 2.20. The maximum Gasteiger partial charge on any atom is 0.155 e. The first kappa shape index (κ1) is 11.6. The van der Waals surface area contributed by atoms with Crippen LogP contribution in [0, 0.1) is 0 Å². The van der Waals surface area contributed by atoms with Crippen LogP contribution in [-0.2, 0) is 0 Å². The molecule has 0 bridgehead atoms. The van der Waals surface area contributed by atoms with Crippen molar-refractivity contribution in [2.24, 2.45) is 5.73 Å². The smallest absolute Gasteiger partial charge is 0.155 e. The Hall–Kier alpha value is -1.87. The highest BCUT2D eigenvalue weighted by Gasteiger charge is 2.19. The molecule has 0 saturated carbocycles. The second-order valence-corrected chi connectivity index (χ2v) is 3.97. The maximum atomic E-state index is 5.95. The average molecular weight is 228 g/mol. The van der Waals surface area contributed by atoms with Gasteiger partial charge in [0.2, 0.25) is 0 Å². The molecule has 0 fully saturated rings. The predicted molar refractivity (Wildman–Crippen MR) is 67.7 cm³/mol. The van der Waals surface area contributed by atoms with Crippen molar-refractivity contribution in [3.63, 3.8) is 0 Å². The molecule has 3 nitrogen and oxygen atoms in total. The number of para-hydroxylation sites is 1. The summed E-state index contributed by atoms with van der Waals surface area (Å²) in [6.07, 6.45) is 1.53. The van der Waals surface area contributed by atoms with Gasteiger partial charge in [-0.3, -0.25) is 4.98 Å². The summed E-state index contributed by atoms with van der Waals surface area (Å²) in [5, 5.41) is 0. The molecule has 2 rings (SSSR count). The monoisotopic (exact) mass is 228 g/mol. The first-order valence-electron chi connectivity index (χ1n) is 5.65. The lowest BCUT2D eigenvalue weighted by molar-refractivity contribution is 0.176. The van der Waals surface area contributed by atoms with Crippen molar-refractivity contribution < 1.29 is 4.74 Å². The van der Waals surface area contributed by atoms with Gasteiger partial charge >= 0.3 is 0 Å². The zero-order chi connectivity index (χ0) is 12.1. The Morgan fingerprint density at radius 2 is 1.76 bits per heavy atom. The van der Waals surface area contributed by atoms with Crippen molar-refractivity contribution >= 4 is 0 Å². The van der Waals surface area contributed by atoms with Crippen LogP contribution in [0.5, 0.6) is 5.75 Å². The lowest BCUT2D eigenvalue weighted by Crippen LogP contribution is -2.29. The number of nitrogens with two attached hydrogens (primary N) is 1. The van der Waals surface area contributed by atoms with Crippen molar-refractivity contribution in [3.05, 3.63) is 60.4 Å². The molecule has 3 heteroatoms. The molecule has 0 aliphatic rings. The van der Waals surface area contributed by atoms with Crippen LogP contribution in [0.15, 0.2) is 54.7 Å². The molecule has 0 spiro atoms. The van der Waals surface area contributed by atoms with Gasteiger partial charge in [0.05, 0.1) is 5.69 Å². The quantitative estimate of drug-likeness (QED) is 0.874. The van der Waals surface area contributed by atoms with E-state index in [0.717, 1.165) is 11.4 Å². The third-order valence-corrected chi connectivity index (χ3v) is 2.46. The van der Waals surface area contributed by atoms with E-state index in [4.69, 9.17) is 10.5 Å². The van der Waals surface area contributed by atoms with E-state index < -0.39 is 0 Å². The topological polar surface area (TPSA) is 48.1 Å². The van der Waals surface area contributed by atoms with Crippen LogP contribution >= 0.6 is 0 Å². The largest absolute Gasteiger partial charge is 0.483 e. The lowest BCUT2D eigenvalue weighted by Gasteiger charge is -2.21. The number of benzene rings is 1. The van der Waals surface area contributed by atoms with Gasteiger partial charge < -0.3 is 10.5 Å². The van der Waals surface area contributed by atoms with Gasteiger partial charge in [0.15, 0.2) is 6.10 Å². The number of rotatable bonds is 4. The van der Waals surface area contributed by atoms with Crippen molar-refractivity contribution in [3.8, 4) is 5.75 Å². The van der Waals surface area contributed by atoms with Crippen LogP contribution in [0.4, 0.5) is 0 Å². The van der Waals surface area contributed by atoms with Gasteiger partial charge in [-0.2, -0.15) is 0 Å². The fourth-order valence-corrected chi connectivity index (χ4v) is 1.63. The fourth-order valence-electron chi connectivity index (χ4n) is 1.63. The summed E-state index contributed by atoms with van der Waals surface area (Å²) in [4.78, 5) is 4.29. The molecule has 2 N–H and O–H groups in total. The van der Waals surface area contributed by atoms with Crippen LogP contribution in [0.25, 0.3) is 0 Å². The van der Waals surface area contributed by atoms with Gasteiger partial charge in [-0.1, -0.05) is 24.3 Å². The van der Waals surface area contributed by atoms with Gasteiger partial charge in [-0.25, -0.2) is 0 Å². The Morgan fingerprint density at radius 1 is 1.06 bits per heavy atom. The van der Waals surface area contributed by atoms with E-state index in [2.05, 4.69) is 4.98 Å². The van der Waals surface area contributed by atoms with Crippen molar-refractivity contribution in [2.75, 3.05) is 0 Å². The summed E-state index contributed by atoms with van der Waals surface area (Å²) in [6, 6.07) is 15.3. The molecule has 2 unspecified atom stereocenters. The van der Waals surface area contributed by atoms with Crippen LogP contribution < -0.4 is 10.5 Å². The van der Waals surface area contributed by atoms with Crippen molar-refractivity contribution in [1.29, 1.82) is 0 Å². The Kier molecular flexibility index (Phi) is 3.73. The van der Waals surface area contributed by atoms with E-state index >= 15 is 0 Å². The van der Waals surface area contributed by atoms with E-state index in [1.54, 1.807) is 6.20 Å². The minimum Gasteiger partial charge on any atom is -0.483 e. The van der Waals surface area contributed by atoms with E-state index in [1.807, 2.05) is 55.5 Å². The molecular formula is C14H16N2O. The van der Waals surface area contributed by atoms with E-state index in [-0.39, 0.29) is 12.1 Å². The standard InChI is InChI=1S/C14H16N2O/c1-11(15)14(13-9-5-6-10-16-13)17-12-7-3-2-4-8-12/h2-11,14H,15H2,1H3. The molecule has 2 atom stereocenters. The molecule has 1 aromatic carbocycles. The summed E-state index contributed by atoms with van der Waals surface area (Å²) in [5.74, 6) is 0.806. The number of aromatic nitrogens is 1. The molecular weight excluding hydrogens is 212 g/mol. The van der Waals surface area contributed by atoms with Crippen molar-refractivity contribution in [1.82, 2.24) is 4.98 Å². The zero-order valence-corrected chi connectivity index (χ0v) is 9.78. The van der Waals surface area contributed by atoms with E-state index in [0.29, 0.717) is 0 Å². The summed E-state index contributed by atoms with van der Waals surface area (Å²) >= 11 is 0. The highest BCUT2D eigenvalue weighted by Crippen LogP contribution is 2.22. The van der Waals surface area contributed by atoms with E-state index in [1.165, 1.54) is 0 Å². The number of hydrogen-bond donors (Lipinski definition) is 1. The van der Waals surface area contributed by atoms with E-state index in [9.17, 15) is 0 Å². The number of nitrogens with zero attached hydrogens (tertiary/aromatic N) is 1. The summed E-state index contributed by atoms with van der Waals surface area (Å²) in [7, 11) is 0. The highest BCUT2D eigenvalue weighted by molar-refractivity contribution is 5.23. The lowest BCUT2D eigenvalue weighted by atomic mass is 10.1. The predicted octanol–water partition coefficient (Wildman–Crippen LogP) is 2.55. The van der Waals surface area contributed by atoms with Crippen LogP contribution in [0.3, 0.4) is 0 Å². The molecule has 0 aliphatic heterocycles. The number of hydrogen-bond acceptors (Lipinski definition) is 3. The SMILES string of the molecule is CC(N)C(Oc1ccccc1)c1ccccn1. The molecule has 0 saturated heterocycles. The molecule has 1 heterocycles. The van der Waals surface area contributed by atoms with Crippen molar-refractivity contribution in [2.45, 2.75) is 19.1 Å². The molecule has 17 heavy (non-hydrogen) atoms. The third-order valence-electron chi connectivity index (χ3n) is 2.46. The molecule has 0 radical (unpaired) electrons. The first-order valence-corrected chi connectivity index (χ1v) is 5.65. The normalized spacial score (nSPS) is 14.0. The Bertz CT molecular complexity index is 442. The number of ether oxygens (including phenoxy) is 1. The second-order valence-electron chi connectivity index (χ2n) is 3.97. The Morgan fingerprint density at radius 3 is 2.35 bits per heavy atom. The fraction of sp³-hybridized carbons (Fsp3) is 0.214. The third kappa shape index (κ3) is 3.04. The second kappa shape index (κ2) is 5.46. The van der Waals surface area contributed by atoms with Gasteiger partial charge in [-0.05, 0) is 31.2 Å². The van der Waals surface area contributed by atoms with Gasteiger partial charge in [0, 0.05) is 12.2 Å². The number of pyridine rings is 1. The summed E-state index contributed by atoms with van der Waals surface area (Å²) < 4.78 is 5.87. The Labute approximate surface area is 101 Å². The molecule has 0 aliphatic carbocycles. The summed E-state index contributed by atoms with van der Waals surface area (Å²) in [6.45, 7) is 1.92. The zero-order valence-electron chi connectivity index (χ0n) is 9.78. The highest BCUT2D eigenvalue weighted by atomic mass is 16.5. The van der Waals surface area contributed by atoms with Gasteiger partial charge in [0.25, 0.3) is 0 Å². The molecule has 88 valence electrons. The minimum atomic E-state index is -0.224. The summed E-state index contributed by atoms with van der Waals surface area (Å²) in [5.41, 5.74) is 6.80. The first-order chi connectivity index (χ1) is 8.27. The van der Waals surface area contributed by atoms with Crippen LogP contribution in [-0.4, -0.2) is 11.0 Å². The van der Waals surface area contributed by atoms with Gasteiger partial charge in [0.1, 0.15) is 5.75 Å². The average Bonchev–Trinajstić information content (AvgIpc) is 2.38. The van der Waals surface area contributed by atoms with Crippen LogP contribution in [0.1, 0.15) is 18.7 Å². The van der Waals surface area contributed by atoms with Crippen LogP contribution in [0.2, 0.25) is 0 Å². The van der Waals surface area contributed by atoms with Gasteiger partial charge in [-0.15, -0.1) is 0 Å². The molecule has 1 aromatic heterocycles. The maximum absolute atomic E-state index is 5.95. The molecule has 2 aromatic rings. The minimum absolute atomic E-state index is 0.120. The molecule has 0 amide bonds.